The van der Waals surface area contributed by atoms with E-state index in [1.54, 1.807) is 12.1 Å². The molecule has 0 heterocycles. The predicted molar refractivity (Wildman–Crippen MR) is 74.3 cm³/mol. The maximum Gasteiger partial charge on any atom is 0.333 e. The van der Waals surface area contributed by atoms with E-state index in [4.69, 9.17) is 4.74 Å². The van der Waals surface area contributed by atoms with Crippen molar-refractivity contribution in [3.63, 3.8) is 0 Å². The predicted octanol–water partition coefficient (Wildman–Crippen LogP) is 2.44. The van der Waals surface area contributed by atoms with Gasteiger partial charge in [0.05, 0.1) is 7.11 Å². The number of esters is 1. The van der Waals surface area contributed by atoms with Crippen molar-refractivity contribution in [3.8, 4) is 0 Å². The summed E-state index contributed by atoms with van der Waals surface area (Å²) in [5.41, 5.74) is 0.719. The maximum atomic E-state index is 12.0. The maximum absolute atomic E-state index is 12.0. The molecule has 5 heteroatoms. The second-order valence-corrected chi connectivity index (χ2v) is 5.75. The third kappa shape index (κ3) is 3.35. The highest BCUT2D eigenvalue weighted by atomic mass is 79.9. The van der Waals surface area contributed by atoms with Gasteiger partial charge in [0, 0.05) is 10.4 Å². The van der Waals surface area contributed by atoms with Gasteiger partial charge in [-0.25, -0.2) is 4.79 Å². The standard InChI is InChI=1S/C14H16BrNO3/c1-8-7-11(8)13(17)16-12(14(18)19-2)9-3-5-10(15)6-4-9/h3-6,8,11-12H,7H2,1-2H3,(H,16,17)/t8-,11-,12-/m1/s1. The average molecular weight is 326 g/mol. The summed E-state index contributed by atoms with van der Waals surface area (Å²) in [4.78, 5) is 23.8. The van der Waals surface area contributed by atoms with Crippen molar-refractivity contribution in [3.05, 3.63) is 34.3 Å². The van der Waals surface area contributed by atoms with E-state index in [-0.39, 0.29) is 11.8 Å². The molecule has 0 bridgehead atoms. The van der Waals surface area contributed by atoms with E-state index in [0.717, 1.165) is 16.5 Å². The molecule has 0 spiro atoms. The van der Waals surface area contributed by atoms with Crippen molar-refractivity contribution in [1.29, 1.82) is 0 Å². The molecule has 19 heavy (non-hydrogen) atoms. The van der Waals surface area contributed by atoms with Crippen LogP contribution in [0.25, 0.3) is 0 Å². The van der Waals surface area contributed by atoms with Gasteiger partial charge in [0.25, 0.3) is 0 Å². The molecule has 0 aromatic heterocycles. The second-order valence-electron chi connectivity index (χ2n) is 4.84. The summed E-state index contributed by atoms with van der Waals surface area (Å²) in [5, 5.41) is 2.77. The van der Waals surface area contributed by atoms with Gasteiger partial charge in [0.15, 0.2) is 6.04 Å². The lowest BCUT2D eigenvalue weighted by molar-refractivity contribution is -0.145. The van der Waals surface area contributed by atoms with E-state index >= 15 is 0 Å². The molecular weight excluding hydrogens is 310 g/mol. The van der Waals surface area contributed by atoms with Gasteiger partial charge in [0.1, 0.15) is 0 Å². The van der Waals surface area contributed by atoms with Crippen LogP contribution in [0.2, 0.25) is 0 Å². The summed E-state index contributed by atoms with van der Waals surface area (Å²) < 4.78 is 5.68. The minimum absolute atomic E-state index is 0.0302. The fourth-order valence-electron chi connectivity index (χ4n) is 1.99. The molecule has 102 valence electrons. The van der Waals surface area contributed by atoms with Crippen LogP contribution < -0.4 is 5.32 Å². The van der Waals surface area contributed by atoms with Crippen molar-refractivity contribution in [2.75, 3.05) is 7.11 Å². The van der Waals surface area contributed by atoms with E-state index in [2.05, 4.69) is 21.2 Å². The van der Waals surface area contributed by atoms with Crippen LogP contribution in [0.15, 0.2) is 28.7 Å². The van der Waals surface area contributed by atoms with Crippen LogP contribution in [-0.2, 0) is 14.3 Å². The molecule has 1 saturated carbocycles. The Morgan fingerprint density at radius 1 is 1.37 bits per heavy atom. The Kier molecular flexibility index (Phi) is 4.24. The lowest BCUT2D eigenvalue weighted by atomic mass is 10.1. The molecule has 0 aliphatic heterocycles. The first-order chi connectivity index (χ1) is 9.02. The molecule has 0 saturated heterocycles. The molecule has 1 N–H and O–H groups in total. The summed E-state index contributed by atoms with van der Waals surface area (Å²) in [6, 6.07) is 6.51. The fraction of sp³-hybridized carbons (Fsp3) is 0.429. The van der Waals surface area contributed by atoms with Crippen molar-refractivity contribution in [2.24, 2.45) is 11.8 Å². The Morgan fingerprint density at radius 3 is 2.42 bits per heavy atom. The number of methoxy groups -OCH3 is 1. The van der Waals surface area contributed by atoms with E-state index in [1.807, 2.05) is 19.1 Å². The van der Waals surface area contributed by atoms with E-state index in [0.29, 0.717) is 5.92 Å². The molecule has 0 unspecified atom stereocenters. The quantitative estimate of drug-likeness (QED) is 0.865. The molecule has 1 aromatic rings. The summed E-state index contributed by atoms with van der Waals surface area (Å²) in [6.07, 6.45) is 0.889. The van der Waals surface area contributed by atoms with Crippen molar-refractivity contribution in [2.45, 2.75) is 19.4 Å². The third-order valence-electron chi connectivity index (χ3n) is 3.37. The van der Waals surface area contributed by atoms with E-state index in [1.165, 1.54) is 7.11 Å². The molecule has 0 radical (unpaired) electrons. The van der Waals surface area contributed by atoms with Crippen LogP contribution in [0.5, 0.6) is 0 Å². The van der Waals surface area contributed by atoms with Gasteiger partial charge >= 0.3 is 5.97 Å². The summed E-state index contributed by atoms with van der Waals surface area (Å²) in [6.45, 7) is 2.02. The number of carbonyl (C=O) groups excluding carboxylic acids is 2. The molecule has 2 rings (SSSR count). The van der Waals surface area contributed by atoms with Crippen LogP contribution in [-0.4, -0.2) is 19.0 Å². The molecule has 4 nitrogen and oxygen atoms in total. The van der Waals surface area contributed by atoms with Crippen LogP contribution in [0.3, 0.4) is 0 Å². The Morgan fingerprint density at radius 2 is 1.95 bits per heavy atom. The highest BCUT2D eigenvalue weighted by Crippen LogP contribution is 2.38. The number of nitrogens with one attached hydrogen (secondary N) is 1. The number of hydrogen-bond acceptors (Lipinski definition) is 3. The molecule has 1 fully saturated rings. The van der Waals surface area contributed by atoms with Crippen molar-refractivity contribution in [1.82, 2.24) is 5.32 Å². The summed E-state index contributed by atoms with van der Waals surface area (Å²) in [7, 11) is 1.32. The van der Waals surface area contributed by atoms with Gasteiger partial charge in [-0.05, 0) is 30.0 Å². The van der Waals surface area contributed by atoms with Gasteiger partial charge in [-0.2, -0.15) is 0 Å². The highest BCUT2D eigenvalue weighted by molar-refractivity contribution is 9.10. The van der Waals surface area contributed by atoms with Crippen LogP contribution in [0.1, 0.15) is 24.9 Å². The van der Waals surface area contributed by atoms with Gasteiger partial charge in [0.2, 0.25) is 5.91 Å². The van der Waals surface area contributed by atoms with E-state index in [9.17, 15) is 9.59 Å². The largest absolute Gasteiger partial charge is 0.467 e. The molecule has 1 aliphatic rings. The SMILES string of the molecule is COC(=O)[C@H](NC(=O)[C@@H]1C[C@H]1C)c1ccc(Br)cc1. The Balaban J connectivity index is 2.14. The topological polar surface area (TPSA) is 55.4 Å². The molecule has 1 aliphatic carbocycles. The Labute approximate surface area is 120 Å². The number of hydrogen-bond donors (Lipinski definition) is 1. The second kappa shape index (κ2) is 5.74. The number of rotatable bonds is 4. The summed E-state index contributed by atoms with van der Waals surface area (Å²) in [5.74, 6) is -0.0967. The van der Waals surface area contributed by atoms with Crippen LogP contribution in [0.4, 0.5) is 0 Å². The number of halogens is 1. The smallest absolute Gasteiger partial charge is 0.333 e. The van der Waals surface area contributed by atoms with Gasteiger partial charge in [-0.3, -0.25) is 4.79 Å². The minimum Gasteiger partial charge on any atom is -0.467 e. The first kappa shape index (κ1) is 14.1. The molecule has 3 atom stereocenters. The van der Waals surface area contributed by atoms with Gasteiger partial charge in [-0.1, -0.05) is 35.0 Å². The third-order valence-corrected chi connectivity index (χ3v) is 3.90. The normalized spacial score (nSPS) is 22.5. The zero-order valence-electron chi connectivity index (χ0n) is 10.9. The molecular formula is C14H16BrNO3. The lowest BCUT2D eigenvalue weighted by Gasteiger charge is -2.17. The fourth-order valence-corrected chi connectivity index (χ4v) is 2.25. The van der Waals surface area contributed by atoms with Gasteiger partial charge < -0.3 is 10.1 Å². The van der Waals surface area contributed by atoms with Crippen molar-refractivity contribution < 1.29 is 14.3 Å². The molecule has 1 aromatic carbocycles. The highest BCUT2D eigenvalue weighted by Gasteiger charge is 2.40. The van der Waals surface area contributed by atoms with Gasteiger partial charge in [-0.15, -0.1) is 0 Å². The van der Waals surface area contributed by atoms with Crippen LogP contribution >= 0.6 is 15.9 Å². The monoisotopic (exact) mass is 325 g/mol. The van der Waals surface area contributed by atoms with Crippen LogP contribution in [0, 0.1) is 11.8 Å². The Hall–Kier alpha value is -1.36. The minimum atomic E-state index is -0.738. The van der Waals surface area contributed by atoms with Crippen molar-refractivity contribution >= 4 is 27.8 Å². The molecule has 1 amide bonds. The number of benzene rings is 1. The lowest BCUT2D eigenvalue weighted by Crippen LogP contribution is -2.35. The average Bonchev–Trinajstić information content (AvgIpc) is 3.13. The van der Waals surface area contributed by atoms with E-state index < -0.39 is 12.0 Å². The zero-order chi connectivity index (χ0) is 14.0. The summed E-state index contributed by atoms with van der Waals surface area (Å²) >= 11 is 3.34. The Bertz CT molecular complexity index is 486. The number of amides is 1. The first-order valence-corrected chi connectivity index (χ1v) is 6.96. The first-order valence-electron chi connectivity index (χ1n) is 6.16. The number of ether oxygens (including phenoxy) is 1. The number of carbonyl (C=O) groups is 2. The zero-order valence-corrected chi connectivity index (χ0v) is 12.4.